The first-order chi connectivity index (χ1) is 15.9. The van der Waals surface area contributed by atoms with Crippen molar-refractivity contribution < 1.29 is 23.8 Å². The van der Waals surface area contributed by atoms with Crippen molar-refractivity contribution in [3.63, 3.8) is 0 Å². The Morgan fingerprint density at radius 3 is 1.30 bits per heavy atom. The van der Waals surface area contributed by atoms with E-state index in [1.165, 1.54) is 11.1 Å². The Hall–Kier alpha value is -2.74. The minimum atomic E-state index is -0.0970. The van der Waals surface area contributed by atoms with Crippen molar-refractivity contribution in [3.8, 4) is 0 Å². The molecule has 0 fully saturated rings. The summed E-state index contributed by atoms with van der Waals surface area (Å²) in [6.07, 6.45) is 0. The minimum absolute atomic E-state index is 0.0970. The van der Waals surface area contributed by atoms with Crippen LogP contribution in [0.1, 0.15) is 43.0 Å². The van der Waals surface area contributed by atoms with Gasteiger partial charge in [0.2, 0.25) is 0 Å². The highest BCUT2D eigenvalue weighted by molar-refractivity contribution is 5.94. The van der Waals surface area contributed by atoms with E-state index in [2.05, 4.69) is 10.6 Å². The molecule has 2 rings (SSSR count). The number of rotatable bonds is 14. The molecule has 180 valence electrons. The van der Waals surface area contributed by atoms with Gasteiger partial charge in [0.25, 0.3) is 11.8 Å². The number of hydrogen-bond acceptors (Lipinski definition) is 5. The monoisotopic (exact) mass is 456 g/mol. The van der Waals surface area contributed by atoms with Gasteiger partial charge in [-0.1, -0.05) is 12.1 Å². The molecule has 0 unspecified atom stereocenters. The van der Waals surface area contributed by atoms with Gasteiger partial charge in [-0.15, -0.1) is 0 Å². The Bertz CT molecular complexity index is 840. The number of amides is 2. The molecule has 0 saturated heterocycles. The van der Waals surface area contributed by atoms with Gasteiger partial charge in [-0.05, 0) is 74.2 Å². The molecule has 2 amide bonds. The van der Waals surface area contributed by atoms with Crippen molar-refractivity contribution in [2.75, 3.05) is 52.7 Å². The summed E-state index contributed by atoms with van der Waals surface area (Å²) in [5.41, 5.74) is 5.85. The molecule has 2 N–H and O–H groups in total. The average molecular weight is 457 g/mol. The van der Waals surface area contributed by atoms with E-state index < -0.39 is 0 Å². The summed E-state index contributed by atoms with van der Waals surface area (Å²) in [6.45, 7) is 11.6. The number of benzene rings is 2. The van der Waals surface area contributed by atoms with Crippen molar-refractivity contribution in [3.05, 3.63) is 69.8 Å². The summed E-state index contributed by atoms with van der Waals surface area (Å²) >= 11 is 0. The first-order valence-electron chi connectivity index (χ1n) is 11.3. The highest BCUT2D eigenvalue weighted by atomic mass is 16.5. The van der Waals surface area contributed by atoms with E-state index >= 15 is 0 Å². The highest BCUT2D eigenvalue weighted by Gasteiger charge is 2.07. The van der Waals surface area contributed by atoms with E-state index in [0.29, 0.717) is 63.9 Å². The van der Waals surface area contributed by atoms with Crippen LogP contribution >= 0.6 is 0 Å². The van der Waals surface area contributed by atoms with Crippen molar-refractivity contribution in [2.45, 2.75) is 27.7 Å². The van der Waals surface area contributed by atoms with Gasteiger partial charge in [-0.3, -0.25) is 9.59 Å². The van der Waals surface area contributed by atoms with Crippen LogP contribution < -0.4 is 10.6 Å². The van der Waals surface area contributed by atoms with Crippen LogP contribution in [0.5, 0.6) is 0 Å². The molecule has 7 heteroatoms. The maximum absolute atomic E-state index is 12.1. The molecule has 2 aromatic rings. The molecule has 0 aromatic heterocycles. The van der Waals surface area contributed by atoms with Crippen LogP contribution in [0.2, 0.25) is 0 Å². The van der Waals surface area contributed by atoms with Gasteiger partial charge in [-0.25, -0.2) is 0 Å². The van der Waals surface area contributed by atoms with E-state index in [0.717, 1.165) is 11.1 Å². The van der Waals surface area contributed by atoms with E-state index in [9.17, 15) is 9.59 Å². The Labute approximate surface area is 196 Å². The lowest BCUT2D eigenvalue weighted by molar-refractivity contribution is 0.0157. The summed E-state index contributed by atoms with van der Waals surface area (Å²) < 4.78 is 16.4. The molecule has 2 aromatic carbocycles. The topological polar surface area (TPSA) is 85.9 Å². The van der Waals surface area contributed by atoms with Crippen molar-refractivity contribution in [1.82, 2.24) is 10.6 Å². The maximum atomic E-state index is 12.1. The fourth-order valence-electron chi connectivity index (χ4n) is 2.98. The third-order valence-corrected chi connectivity index (χ3v) is 5.35. The lowest BCUT2D eigenvalue weighted by Crippen LogP contribution is -2.28. The Morgan fingerprint density at radius 1 is 0.576 bits per heavy atom. The number of hydrogen-bond donors (Lipinski definition) is 2. The van der Waals surface area contributed by atoms with E-state index in [1.54, 1.807) is 0 Å². The van der Waals surface area contributed by atoms with Gasteiger partial charge in [0.1, 0.15) is 0 Å². The molecular weight excluding hydrogens is 420 g/mol. The van der Waals surface area contributed by atoms with Crippen molar-refractivity contribution in [1.29, 1.82) is 0 Å². The second kappa shape index (κ2) is 14.4. The molecule has 0 aliphatic rings. The molecule has 0 heterocycles. The Kier molecular flexibility index (Phi) is 11.6. The second-order valence-electron chi connectivity index (χ2n) is 7.95. The zero-order valence-corrected chi connectivity index (χ0v) is 20.2. The van der Waals surface area contributed by atoms with Gasteiger partial charge >= 0.3 is 0 Å². The van der Waals surface area contributed by atoms with Gasteiger partial charge in [0.15, 0.2) is 0 Å². The fraction of sp³-hybridized carbons (Fsp3) is 0.462. The first-order valence-corrected chi connectivity index (χ1v) is 11.3. The lowest BCUT2D eigenvalue weighted by Gasteiger charge is -2.09. The van der Waals surface area contributed by atoms with Crippen molar-refractivity contribution in [2.24, 2.45) is 0 Å². The van der Waals surface area contributed by atoms with Crippen LogP contribution in [-0.2, 0) is 14.2 Å². The predicted octanol–water partition coefficient (Wildman–Crippen LogP) is 3.13. The molecular formula is C26H36N2O5. The maximum Gasteiger partial charge on any atom is 0.251 e. The van der Waals surface area contributed by atoms with E-state index in [4.69, 9.17) is 14.2 Å². The molecule has 0 spiro atoms. The number of carbonyl (C=O) groups is 2. The fourth-order valence-corrected chi connectivity index (χ4v) is 2.98. The molecule has 7 nitrogen and oxygen atoms in total. The van der Waals surface area contributed by atoms with E-state index in [-0.39, 0.29) is 11.8 Å². The minimum Gasteiger partial charge on any atom is -0.377 e. The number of ether oxygens (including phenoxy) is 3. The van der Waals surface area contributed by atoms with Gasteiger partial charge in [0.05, 0.1) is 39.6 Å². The smallest absolute Gasteiger partial charge is 0.251 e. The van der Waals surface area contributed by atoms with Crippen LogP contribution in [-0.4, -0.2) is 64.5 Å². The summed E-state index contributed by atoms with van der Waals surface area (Å²) in [5, 5.41) is 5.69. The molecule has 0 radical (unpaired) electrons. The van der Waals surface area contributed by atoms with Crippen LogP contribution in [0.15, 0.2) is 36.4 Å². The zero-order valence-electron chi connectivity index (χ0n) is 20.2. The Morgan fingerprint density at radius 2 is 0.939 bits per heavy atom. The number of aryl methyl sites for hydroxylation is 4. The molecule has 0 aliphatic heterocycles. The van der Waals surface area contributed by atoms with Gasteiger partial charge in [0, 0.05) is 24.2 Å². The summed E-state index contributed by atoms with van der Waals surface area (Å²) in [4.78, 5) is 24.2. The van der Waals surface area contributed by atoms with Gasteiger partial charge < -0.3 is 24.8 Å². The largest absolute Gasteiger partial charge is 0.377 e. The van der Waals surface area contributed by atoms with Gasteiger partial charge in [-0.2, -0.15) is 0 Å². The SMILES string of the molecule is Cc1ccc(C(=O)NCCOCCOCCOCCNC(=O)c2ccc(C)c(C)c2)cc1C. The molecule has 0 saturated carbocycles. The predicted molar refractivity (Wildman–Crippen MR) is 129 cm³/mol. The summed E-state index contributed by atoms with van der Waals surface area (Å²) in [5.74, 6) is -0.194. The lowest BCUT2D eigenvalue weighted by atomic mass is 10.1. The average Bonchev–Trinajstić information content (AvgIpc) is 2.80. The third kappa shape index (κ3) is 9.74. The van der Waals surface area contributed by atoms with Crippen LogP contribution in [0.25, 0.3) is 0 Å². The summed E-state index contributed by atoms with van der Waals surface area (Å²) in [6, 6.07) is 11.3. The highest BCUT2D eigenvalue weighted by Crippen LogP contribution is 2.10. The molecule has 0 bridgehead atoms. The first kappa shape index (κ1) is 26.5. The standard InChI is InChI=1S/C26H36N2O5/c1-19-5-7-23(17-21(19)3)25(29)27-9-11-31-13-15-33-16-14-32-12-10-28-26(30)24-8-6-20(2)22(4)18-24/h5-8,17-18H,9-16H2,1-4H3,(H,27,29)(H,28,30). The normalized spacial score (nSPS) is 10.8. The van der Waals surface area contributed by atoms with Crippen LogP contribution in [0, 0.1) is 27.7 Å². The molecule has 0 aliphatic carbocycles. The van der Waals surface area contributed by atoms with Crippen LogP contribution in [0.4, 0.5) is 0 Å². The summed E-state index contributed by atoms with van der Waals surface area (Å²) in [7, 11) is 0. The molecule has 33 heavy (non-hydrogen) atoms. The third-order valence-electron chi connectivity index (χ3n) is 5.35. The number of carbonyl (C=O) groups excluding carboxylic acids is 2. The zero-order chi connectivity index (χ0) is 24.1. The van der Waals surface area contributed by atoms with Crippen molar-refractivity contribution >= 4 is 11.8 Å². The van der Waals surface area contributed by atoms with E-state index in [1.807, 2.05) is 64.1 Å². The number of nitrogens with one attached hydrogen (secondary N) is 2. The molecule has 0 atom stereocenters. The second-order valence-corrected chi connectivity index (χ2v) is 7.95. The quantitative estimate of drug-likeness (QED) is 0.427. The Balaban J connectivity index is 1.40. The van der Waals surface area contributed by atoms with Crippen LogP contribution in [0.3, 0.4) is 0 Å².